The number of aliphatic carboxylic acids is 1. The molecule has 1 aromatic heterocycles. The third-order valence-corrected chi connectivity index (χ3v) is 3.68. The van der Waals surface area contributed by atoms with E-state index in [0.717, 1.165) is 11.4 Å². The zero-order chi connectivity index (χ0) is 14.6. The number of amides is 1. The van der Waals surface area contributed by atoms with Gasteiger partial charge in [0.25, 0.3) is 0 Å². The number of anilines is 1. The van der Waals surface area contributed by atoms with Gasteiger partial charge >= 0.3 is 5.97 Å². The van der Waals surface area contributed by atoms with Gasteiger partial charge in [-0.1, -0.05) is 0 Å². The molecule has 8 heteroatoms. The van der Waals surface area contributed by atoms with Gasteiger partial charge in [-0.3, -0.25) is 14.3 Å². The first-order chi connectivity index (χ1) is 8.82. The van der Waals surface area contributed by atoms with Gasteiger partial charge in [-0.15, -0.1) is 11.8 Å². The van der Waals surface area contributed by atoms with Gasteiger partial charge in [-0.05, 0) is 13.8 Å². The normalized spacial score (nSPS) is 12.2. The number of carboxylic acid groups (broad SMARTS) is 1. The standard InChI is InChI=1S/C11H18N4O3S/c1-6-10(7(2)15(3)14-6)13-9(16)5-19-4-8(12)11(17)18/h8H,4-5,12H2,1-3H3,(H,13,16)(H,17,18)/t8-/m1/s1. The fourth-order valence-corrected chi connectivity index (χ4v) is 2.25. The van der Waals surface area contributed by atoms with Crippen LogP contribution in [0.5, 0.6) is 0 Å². The second-order valence-electron chi connectivity index (χ2n) is 4.18. The Balaban J connectivity index is 2.46. The molecule has 0 aliphatic rings. The molecule has 0 fully saturated rings. The lowest BCUT2D eigenvalue weighted by Crippen LogP contribution is -2.33. The highest BCUT2D eigenvalue weighted by molar-refractivity contribution is 8.00. The minimum absolute atomic E-state index is 0.161. The Labute approximate surface area is 115 Å². The number of hydrogen-bond donors (Lipinski definition) is 3. The summed E-state index contributed by atoms with van der Waals surface area (Å²) >= 11 is 1.19. The zero-order valence-electron chi connectivity index (χ0n) is 11.1. The summed E-state index contributed by atoms with van der Waals surface area (Å²) in [6, 6.07) is -0.945. The number of carboxylic acids is 1. The molecule has 0 aliphatic heterocycles. The van der Waals surface area contributed by atoms with Gasteiger partial charge in [0.1, 0.15) is 6.04 Å². The van der Waals surface area contributed by atoms with Gasteiger partial charge in [0.2, 0.25) is 5.91 Å². The Morgan fingerprint density at radius 2 is 2.16 bits per heavy atom. The van der Waals surface area contributed by atoms with Crippen molar-refractivity contribution in [3.63, 3.8) is 0 Å². The molecule has 4 N–H and O–H groups in total. The minimum atomic E-state index is -1.06. The third kappa shape index (κ3) is 4.25. The number of aryl methyl sites for hydroxylation is 2. The lowest BCUT2D eigenvalue weighted by molar-refractivity contribution is -0.137. The second-order valence-corrected chi connectivity index (χ2v) is 5.21. The van der Waals surface area contributed by atoms with Crippen molar-refractivity contribution in [2.24, 2.45) is 12.8 Å². The SMILES string of the molecule is Cc1nn(C)c(C)c1NC(=O)CSC[C@@H](N)C(=O)O. The minimum Gasteiger partial charge on any atom is -0.480 e. The van der Waals surface area contributed by atoms with Crippen LogP contribution in [0.3, 0.4) is 0 Å². The molecule has 0 bridgehead atoms. The van der Waals surface area contributed by atoms with Gasteiger partial charge in [0.05, 0.1) is 22.8 Å². The molecule has 0 aliphatic carbocycles. The van der Waals surface area contributed by atoms with E-state index in [-0.39, 0.29) is 17.4 Å². The summed E-state index contributed by atoms with van der Waals surface area (Å²) in [6.07, 6.45) is 0. The van der Waals surface area contributed by atoms with Crippen molar-refractivity contribution in [1.29, 1.82) is 0 Å². The van der Waals surface area contributed by atoms with Crippen LogP contribution in [0.15, 0.2) is 0 Å². The number of hydrogen-bond acceptors (Lipinski definition) is 5. The molecule has 0 radical (unpaired) electrons. The molecular formula is C11H18N4O3S. The van der Waals surface area contributed by atoms with Crippen LogP contribution < -0.4 is 11.1 Å². The molecule has 1 aromatic rings. The van der Waals surface area contributed by atoms with E-state index in [9.17, 15) is 9.59 Å². The number of thioether (sulfide) groups is 1. The van der Waals surface area contributed by atoms with Gasteiger partial charge in [0.15, 0.2) is 0 Å². The van der Waals surface area contributed by atoms with Crippen molar-refractivity contribution in [3.05, 3.63) is 11.4 Å². The second kappa shape index (κ2) is 6.58. The molecular weight excluding hydrogens is 268 g/mol. The first kappa shape index (κ1) is 15.5. The van der Waals surface area contributed by atoms with Gasteiger partial charge in [-0.25, -0.2) is 0 Å². The molecule has 1 rings (SSSR count). The molecule has 1 heterocycles. The number of rotatable bonds is 6. The van der Waals surface area contributed by atoms with E-state index >= 15 is 0 Å². The van der Waals surface area contributed by atoms with E-state index in [2.05, 4.69) is 10.4 Å². The Morgan fingerprint density at radius 1 is 1.53 bits per heavy atom. The van der Waals surface area contributed by atoms with E-state index in [1.807, 2.05) is 13.8 Å². The Kier molecular flexibility index (Phi) is 5.37. The monoisotopic (exact) mass is 286 g/mol. The van der Waals surface area contributed by atoms with E-state index in [1.54, 1.807) is 11.7 Å². The first-order valence-corrected chi connectivity index (χ1v) is 6.84. The summed E-state index contributed by atoms with van der Waals surface area (Å²) in [5.74, 6) is -0.892. The first-order valence-electron chi connectivity index (χ1n) is 5.69. The van der Waals surface area contributed by atoms with Crippen LogP contribution in [0.25, 0.3) is 0 Å². The highest BCUT2D eigenvalue weighted by Crippen LogP contribution is 2.18. The topological polar surface area (TPSA) is 110 Å². The van der Waals surface area contributed by atoms with Crippen molar-refractivity contribution in [3.8, 4) is 0 Å². The average molecular weight is 286 g/mol. The smallest absolute Gasteiger partial charge is 0.321 e. The summed E-state index contributed by atoms with van der Waals surface area (Å²) < 4.78 is 1.69. The fourth-order valence-electron chi connectivity index (χ4n) is 1.48. The van der Waals surface area contributed by atoms with E-state index in [4.69, 9.17) is 10.8 Å². The van der Waals surface area contributed by atoms with E-state index in [1.165, 1.54) is 11.8 Å². The summed E-state index contributed by atoms with van der Waals surface area (Å²) in [7, 11) is 1.80. The lowest BCUT2D eigenvalue weighted by Gasteiger charge is -2.07. The maximum Gasteiger partial charge on any atom is 0.321 e. The number of nitrogens with two attached hydrogens (primary N) is 1. The van der Waals surface area contributed by atoms with Crippen molar-refractivity contribution in [1.82, 2.24) is 9.78 Å². The molecule has 0 saturated heterocycles. The van der Waals surface area contributed by atoms with Crippen molar-refractivity contribution in [2.45, 2.75) is 19.9 Å². The quantitative estimate of drug-likeness (QED) is 0.685. The highest BCUT2D eigenvalue weighted by atomic mass is 32.2. The number of nitrogens with zero attached hydrogens (tertiary/aromatic N) is 2. The van der Waals surface area contributed by atoms with Gasteiger partial charge < -0.3 is 16.2 Å². The molecule has 1 atom stereocenters. The number of aromatic nitrogens is 2. The summed E-state index contributed by atoms with van der Waals surface area (Å²) in [4.78, 5) is 22.2. The average Bonchev–Trinajstić information content (AvgIpc) is 2.55. The lowest BCUT2D eigenvalue weighted by atomic mass is 10.3. The highest BCUT2D eigenvalue weighted by Gasteiger charge is 2.14. The maximum atomic E-state index is 11.7. The fraction of sp³-hybridized carbons (Fsp3) is 0.545. The van der Waals surface area contributed by atoms with E-state index in [0.29, 0.717) is 5.69 Å². The molecule has 19 heavy (non-hydrogen) atoms. The van der Waals surface area contributed by atoms with Crippen LogP contribution in [0.4, 0.5) is 5.69 Å². The van der Waals surface area contributed by atoms with Crippen LogP contribution in [-0.4, -0.2) is 44.3 Å². The summed E-state index contributed by atoms with van der Waals surface area (Å²) in [5, 5.41) is 15.6. The molecule has 0 saturated carbocycles. The molecule has 1 amide bonds. The molecule has 0 unspecified atom stereocenters. The predicted molar refractivity (Wildman–Crippen MR) is 74.2 cm³/mol. The largest absolute Gasteiger partial charge is 0.480 e. The molecule has 0 aromatic carbocycles. The van der Waals surface area contributed by atoms with Crippen molar-refractivity contribution in [2.75, 3.05) is 16.8 Å². The van der Waals surface area contributed by atoms with Gasteiger partial charge in [0, 0.05) is 12.8 Å². The Morgan fingerprint density at radius 3 is 2.63 bits per heavy atom. The Hall–Kier alpha value is -1.54. The van der Waals surface area contributed by atoms with Crippen LogP contribution in [0, 0.1) is 13.8 Å². The molecule has 7 nitrogen and oxygen atoms in total. The van der Waals surface area contributed by atoms with Crippen LogP contribution in [0.2, 0.25) is 0 Å². The maximum absolute atomic E-state index is 11.7. The number of carbonyl (C=O) groups is 2. The number of nitrogens with one attached hydrogen (secondary N) is 1. The zero-order valence-corrected chi connectivity index (χ0v) is 12.0. The summed E-state index contributed by atoms with van der Waals surface area (Å²) in [5.41, 5.74) is 7.67. The number of carbonyl (C=O) groups excluding carboxylic acids is 1. The van der Waals surface area contributed by atoms with Crippen molar-refractivity contribution < 1.29 is 14.7 Å². The summed E-state index contributed by atoms with van der Waals surface area (Å²) in [6.45, 7) is 3.68. The molecule has 106 valence electrons. The van der Waals surface area contributed by atoms with Crippen LogP contribution >= 0.6 is 11.8 Å². The van der Waals surface area contributed by atoms with Crippen molar-refractivity contribution >= 4 is 29.3 Å². The van der Waals surface area contributed by atoms with Gasteiger partial charge in [-0.2, -0.15) is 5.10 Å². The molecule has 0 spiro atoms. The third-order valence-electron chi connectivity index (χ3n) is 2.62. The van der Waals surface area contributed by atoms with Crippen LogP contribution in [0.1, 0.15) is 11.4 Å². The van der Waals surface area contributed by atoms with E-state index < -0.39 is 12.0 Å². The van der Waals surface area contributed by atoms with Crippen LogP contribution in [-0.2, 0) is 16.6 Å². The Bertz CT molecular complexity index is 487. The predicted octanol–water partition coefficient (Wildman–Crippen LogP) is 0.121.